The molecule has 2 heteroatoms. The van der Waals surface area contributed by atoms with Gasteiger partial charge in [0.1, 0.15) is 0 Å². The Morgan fingerprint density at radius 1 is 1.06 bits per heavy atom. The highest BCUT2D eigenvalue weighted by atomic mass is 16.2. The smallest absolute Gasteiger partial charge is 0.0431 e. The minimum Gasteiger partial charge on any atom is -0.396 e. The van der Waals surface area contributed by atoms with Crippen molar-refractivity contribution < 1.29 is 5.11 Å². The van der Waals surface area contributed by atoms with Gasteiger partial charge in [-0.1, -0.05) is 38.1 Å². The number of rotatable bonds is 8. The minimum atomic E-state index is 0.297. The first-order chi connectivity index (χ1) is 8.22. The fraction of sp³-hybridized carbons (Fsp3) is 0.600. The van der Waals surface area contributed by atoms with Gasteiger partial charge in [-0.2, -0.15) is 0 Å². The zero-order valence-corrected chi connectivity index (χ0v) is 11.1. The predicted octanol–water partition coefficient (Wildman–Crippen LogP) is 2.75. The molecule has 2 nitrogen and oxygen atoms in total. The number of benzene rings is 1. The van der Waals surface area contributed by atoms with Crippen LogP contribution in [0.4, 0.5) is 0 Å². The maximum Gasteiger partial charge on any atom is 0.0431 e. The molecule has 2 N–H and O–H groups in total. The van der Waals surface area contributed by atoms with Crippen molar-refractivity contribution in [3.05, 3.63) is 35.4 Å². The Bertz CT molecular complexity index is 292. The lowest BCUT2D eigenvalue weighted by Crippen LogP contribution is -2.14. The summed E-state index contributed by atoms with van der Waals surface area (Å²) >= 11 is 0. The van der Waals surface area contributed by atoms with Crippen LogP contribution in [0.3, 0.4) is 0 Å². The molecular formula is C15H25NO. The van der Waals surface area contributed by atoms with Crippen molar-refractivity contribution in [3.8, 4) is 0 Å². The summed E-state index contributed by atoms with van der Waals surface area (Å²) in [7, 11) is 0. The van der Waals surface area contributed by atoms with Crippen molar-refractivity contribution in [2.75, 3.05) is 13.2 Å². The molecule has 0 aliphatic heterocycles. The first-order valence-corrected chi connectivity index (χ1v) is 6.61. The number of hydrogen-bond acceptors (Lipinski definition) is 2. The van der Waals surface area contributed by atoms with E-state index in [-0.39, 0.29) is 0 Å². The number of aliphatic hydroxyl groups excluding tert-OH is 1. The quantitative estimate of drug-likeness (QED) is 0.679. The van der Waals surface area contributed by atoms with Crippen molar-refractivity contribution in [1.29, 1.82) is 0 Å². The molecule has 0 amide bonds. The highest BCUT2D eigenvalue weighted by molar-refractivity contribution is 5.22. The molecule has 0 atom stereocenters. The molecule has 0 radical (unpaired) electrons. The molecule has 0 unspecified atom stereocenters. The molecule has 17 heavy (non-hydrogen) atoms. The van der Waals surface area contributed by atoms with Crippen molar-refractivity contribution in [3.63, 3.8) is 0 Å². The SMILES string of the molecule is CC(C)Cc1ccc(CNCCCCO)cc1. The zero-order chi connectivity index (χ0) is 12.5. The molecule has 0 spiro atoms. The maximum atomic E-state index is 8.66. The fourth-order valence-corrected chi connectivity index (χ4v) is 1.86. The number of nitrogens with one attached hydrogen (secondary N) is 1. The summed E-state index contributed by atoms with van der Waals surface area (Å²) in [6.45, 7) is 6.69. The zero-order valence-electron chi connectivity index (χ0n) is 11.1. The minimum absolute atomic E-state index is 0.297. The van der Waals surface area contributed by atoms with Crippen LogP contribution in [0, 0.1) is 5.92 Å². The van der Waals surface area contributed by atoms with E-state index in [0.717, 1.165) is 38.3 Å². The molecule has 96 valence electrons. The fourth-order valence-electron chi connectivity index (χ4n) is 1.86. The molecule has 1 aromatic rings. The Balaban J connectivity index is 2.25. The Kier molecular flexibility index (Phi) is 6.90. The van der Waals surface area contributed by atoms with Gasteiger partial charge in [0, 0.05) is 13.2 Å². The summed E-state index contributed by atoms with van der Waals surface area (Å²) < 4.78 is 0. The lowest BCUT2D eigenvalue weighted by molar-refractivity contribution is 0.283. The summed E-state index contributed by atoms with van der Waals surface area (Å²) in [6.07, 6.45) is 3.09. The van der Waals surface area contributed by atoms with E-state index in [9.17, 15) is 0 Å². The Morgan fingerprint density at radius 3 is 2.29 bits per heavy atom. The molecule has 0 saturated heterocycles. The van der Waals surface area contributed by atoms with Crippen LogP contribution in [0.25, 0.3) is 0 Å². The topological polar surface area (TPSA) is 32.3 Å². The number of unbranched alkanes of at least 4 members (excludes halogenated alkanes) is 1. The van der Waals surface area contributed by atoms with Gasteiger partial charge in [0.05, 0.1) is 0 Å². The second-order valence-electron chi connectivity index (χ2n) is 5.02. The third kappa shape index (κ3) is 6.44. The van der Waals surface area contributed by atoms with Crippen LogP contribution in [-0.2, 0) is 13.0 Å². The van der Waals surface area contributed by atoms with E-state index in [1.165, 1.54) is 11.1 Å². The van der Waals surface area contributed by atoms with E-state index in [1.54, 1.807) is 0 Å². The average molecular weight is 235 g/mol. The van der Waals surface area contributed by atoms with Gasteiger partial charge in [-0.05, 0) is 42.9 Å². The van der Waals surface area contributed by atoms with Crippen LogP contribution in [0.5, 0.6) is 0 Å². The summed E-state index contributed by atoms with van der Waals surface area (Å²) in [6, 6.07) is 8.86. The molecule has 0 fully saturated rings. The van der Waals surface area contributed by atoms with Crippen molar-refractivity contribution >= 4 is 0 Å². The Labute approximate surface area is 105 Å². The largest absolute Gasteiger partial charge is 0.396 e. The standard InChI is InChI=1S/C15H25NO/c1-13(2)11-14-5-7-15(8-6-14)12-16-9-3-4-10-17/h5-8,13,16-17H,3-4,9-12H2,1-2H3. The van der Waals surface area contributed by atoms with E-state index in [4.69, 9.17) is 5.11 Å². The molecule has 0 aromatic heterocycles. The summed E-state index contributed by atoms with van der Waals surface area (Å²) in [5, 5.41) is 12.0. The second-order valence-corrected chi connectivity index (χ2v) is 5.02. The first kappa shape index (κ1) is 14.2. The van der Waals surface area contributed by atoms with E-state index < -0.39 is 0 Å². The van der Waals surface area contributed by atoms with Gasteiger partial charge in [-0.25, -0.2) is 0 Å². The summed E-state index contributed by atoms with van der Waals surface area (Å²) in [4.78, 5) is 0. The van der Waals surface area contributed by atoms with E-state index >= 15 is 0 Å². The second kappa shape index (κ2) is 8.26. The van der Waals surface area contributed by atoms with Gasteiger partial charge in [-0.15, -0.1) is 0 Å². The van der Waals surface area contributed by atoms with Crippen LogP contribution >= 0.6 is 0 Å². The molecule has 0 bridgehead atoms. The Morgan fingerprint density at radius 2 is 1.71 bits per heavy atom. The first-order valence-electron chi connectivity index (χ1n) is 6.61. The maximum absolute atomic E-state index is 8.66. The third-order valence-electron chi connectivity index (χ3n) is 2.76. The number of hydrogen-bond donors (Lipinski definition) is 2. The van der Waals surface area contributed by atoms with Gasteiger partial charge >= 0.3 is 0 Å². The van der Waals surface area contributed by atoms with E-state index in [1.807, 2.05) is 0 Å². The molecule has 0 saturated carbocycles. The number of aliphatic hydroxyl groups is 1. The predicted molar refractivity (Wildman–Crippen MR) is 73.0 cm³/mol. The van der Waals surface area contributed by atoms with E-state index in [0.29, 0.717) is 6.61 Å². The Hall–Kier alpha value is -0.860. The summed E-state index contributed by atoms with van der Waals surface area (Å²) in [5.74, 6) is 0.720. The van der Waals surface area contributed by atoms with Crippen molar-refractivity contribution in [2.45, 2.75) is 39.7 Å². The summed E-state index contributed by atoms with van der Waals surface area (Å²) in [5.41, 5.74) is 2.76. The van der Waals surface area contributed by atoms with Gasteiger partial charge in [0.15, 0.2) is 0 Å². The van der Waals surface area contributed by atoms with Crippen LogP contribution in [0.1, 0.15) is 37.8 Å². The average Bonchev–Trinajstić information content (AvgIpc) is 2.30. The molecular weight excluding hydrogens is 210 g/mol. The monoisotopic (exact) mass is 235 g/mol. The van der Waals surface area contributed by atoms with Crippen LogP contribution in [0.2, 0.25) is 0 Å². The molecule has 0 heterocycles. The lowest BCUT2D eigenvalue weighted by Gasteiger charge is -2.07. The van der Waals surface area contributed by atoms with Gasteiger partial charge < -0.3 is 10.4 Å². The van der Waals surface area contributed by atoms with Gasteiger partial charge in [0.25, 0.3) is 0 Å². The molecule has 1 aromatic carbocycles. The van der Waals surface area contributed by atoms with Crippen molar-refractivity contribution in [2.24, 2.45) is 5.92 Å². The van der Waals surface area contributed by atoms with Gasteiger partial charge in [0.2, 0.25) is 0 Å². The molecule has 1 rings (SSSR count). The normalized spacial score (nSPS) is 11.1. The van der Waals surface area contributed by atoms with Crippen LogP contribution in [0.15, 0.2) is 24.3 Å². The third-order valence-corrected chi connectivity index (χ3v) is 2.76. The van der Waals surface area contributed by atoms with Gasteiger partial charge in [-0.3, -0.25) is 0 Å². The highest BCUT2D eigenvalue weighted by Crippen LogP contribution is 2.09. The molecule has 0 aliphatic rings. The van der Waals surface area contributed by atoms with E-state index in [2.05, 4.69) is 43.4 Å². The lowest BCUT2D eigenvalue weighted by atomic mass is 10.0. The van der Waals surface area contributed by atoms with Crippen molar-refractivity contribution in [1.82, 2.24) is 5.32 Å². The molecule has 0 aliphatic carbocycles. The highest BCUT2D eigenvalue weighted by Gasteiger charge is 1.98. The van der Waals surface area contributed by atoms with Crippen LogP contribution < -0.4 is 5.32 Å². The van der Waals surface area contributed by atoms with Crippen LogP contribution in [-0.4, -0.2) is 18.3 Å².